The van der Waals surface area contributed by atoms with E-state index in [1.165, 1.54) is 6.07 Å². The Morgan fingerprint density at radius 3 is 2.41 bits per heavy atom. The molecule has 2 N–H and O–H groups in total. The molecule has 0 saturated carbocycles. The lowest BCUT2D eigenvalue weighted by molar-refractivity contribution is 0.458. The van der Waals surface area contributed by atoms with Crippen molar-refractivity contribution >= 4 is 44.8 Å². The molecule has 0 fully saturated rings. The molecule has 2 aromatic carbocycles. The van der Waals surface area contributed by atoms with Gasteiger partial charge in [0.15, 0.2) is 5.75 Å². The first-order chi connectivity index (χ1) is 10.2. The fourth-order valence-corrected chi connectivity index (χ4v) is 3.73. The molecule has 0 radical (unpaired) electrons. The lowest BCUT2D eigenvalue weighted by Crippen LogP contribution is -2.23. The van der Waals surface area contributed by atoms with E-state index in [0.29, 0.717) is 10.6 Å². The lowest BCUT2D eigenvalue weighted by Gasteiger charge is -2.10. The van der Waals surface area contributed by atoms with Gasteiger partial charge in [-0.3, -0.25) is 0 Å². The van der Waals surface area contributed by atoms with Crippen molar-refractivity contribution in [3.05, 3.63) is 56.5 Å². The van der Waals surface area contributed by atoms with Gasteiger partial charge in [0, 0.05) is 16.6 Å². The summed E-state index contributed by atoms with van der Waals surface area (Å²) >= 11 is 17.5. The maximum Gasteiger partial charge on any atom is 0.244 e. The number of halogens is 3. The third-order valence-electron chi connectivity index (χ3n) is 2.99. The fourth-order valence-electron chi connectivity index (χ4n) is 1.75. The average Bonchev–Trinajstić information content (AvgIpc) is 2.44. The number of benzene rings is 2. The van der Waals surface area contributed by atoms with Crippen molar-refractivity contribution in [1.29, 1.82) is 0 Å². The van der Waals surface area contributed by atoms with E-state index in [0.717, 1.165) is 11.6 Å². The molecule has 8 heteroatoms. The highest BCUT2D eigenvalue weighted by molar-refractivity contribution is 7.89. The van der Waals surface area contributed by atoms with Crippen molar-refractivity contribution in [2.24, 2.45) is 0 Å². The van der Waals surface area contributed by atoms with E-state index in [9.17, 15) is 13.5 Å². The van der Waals surface area contributed by atoms with Gasteiger partial charge in [-0.05, 0) is 36.2 Å². The monoisotopic (exact) mass is 379 g/mol. The molecule has 0 spiro atoms. The Balaban J connectivity index is 2.27. The van der Waals surface area contributed by atoms with Gasteiger partial charge in [-0.15, -0.1) is 0 Å². The van der Waals surface area contributed by atoms with Gasteiger partial charge >= 0.3 is 0 Å². The van der Waals surface area contributed by atoms with E-state index < -0.39 is 15.8 Å². The van der Waals surface area contributed by atoms with Crippen LogP contribution < -0.4 is 4.72 Å². The molecule has 22 heavy (non-hydrogen) atoms. The Labute approximate surface area is 143 Å². The van der Waals surface area contributed by atoms with E-state index in [1.54, 1.807) is 18.2 Å². The van der Waals surface area contributed by atoms with Crippen LogP contribution in [-0.2, 0) is 16.6 Å². The number of phenols is 1. The van der Waals surface area contributed by atoms with Crippen LogP contribution in [0.1, 0.15) is 11.1 Å². The van der Waals surface area contributed by atoms with Gasteiger partial charge in [-0.2, -0.15) is 0 Å². The van der Waals surface area contributed by atoms with Crippen LogP contribution in [0.15, 0.2) is 35.2 Å². The van der Waals surface area contributed by atoms with Crippen LogP contribution in [0.4, 0.5) is 0 Å². The van der Waals surface area contributed by atoms with E-state index in [4.69, 9.17) is 34.8 Å². The Morgan fingerprint density at radius 2 is 1.77 bits per heavy atom. The van der Waals surface area contributed by atoms with Gasteiger partial charge < -0.3 is 5.11 Å². The molecule has 4 nitrogen and oxygen atoms in total. The molecule has 0 aliphatic carbocycles. The van der Waals surface area contributed by atoms with Gasteiger partial charge in [0.05, 0.1) is 5.02 Å². The molecule has 118 valence electrons. The minimum atomic E-state index is -3.97. The number of nitrogens with one attached hydrogen (secondary N) is 1. The third kappa shape index (κ3) is 3.86. The normalized spacial score (nSPS) is 11.6. The molecule has 0 unspecified atom stereocenters. The second-order valence-corrected chi connectivity index (χ2v) is 7.63. The molecule has 2 aromatic rings. The maximum absolute atomic E-state index is 12.3. The van der Waals surface area contributed by atoms with Crippen molar-refractivity contribution in [2.75, 3.05) is 0 Å². The summed E-state index contributed by atoms with van der Waals surface area (Å²) in [5.41, 5.74) is 1.58. The minimum Gasteiger partial charge on any atom is -0.505 e. The molecule has 0 aliphatic heterocycles. The van der Waals surface area contributed by atoms with Crippen LogP contribution >= 0.6 is 34.8 Å². The van der Waals surface area contributed by atoms with E-state index in [1.807, 2.05) is 6.92 Å². The van der Waals surface area contributed by atoms with Gasteiger partial charge in [0.25, 0.3) is 0 Å². The molecule has 0 aliphatic rings. The zero-order valence-electron chi connectivity index (χ0n) is 11.4. The molecule has 2 rings (SSSR count). The van der Waals surface area contributed by atoms with Crippen molar-refractivity contribution in [2.45, 2.75) is 18.4 Å². The predicted octanol–water partition coefficient (Wildman–Crippen LogP) is 4.14. The topological polar surface area (TPSA) is 66.4 Å². The van der Waals surface area contributed by atoms with Crippen LogP contribution in [0.5, 0.6) is 5.75 Å². The molecule has 0 atom stereocenters. The van der Waals surface area contributed by atoms with Crippen LogP contribution in [0, 0.1) is 6.92 Å². The number of hydrogen-bond donors (Lipinski definition) is 2. The fraction of sp³-hybridized carbons (Fsp3) is 0.143. The van der Waals surface area contributed by atoms with E-state index in [2.05, 4.69) is 4.72 Å². The number of aromatic hydroxyl groups is 1. The van der Waals surface area contributed by atoms with E-state index in [-0.39, 0.29) is 21.5 Å². The number of phenolic OH excluding ortho intramolecular Hbond substituents is 1. The first-order valence-corrected chi connectivity index (χ1v) is 8.75. The first kappa shape index (κ1) is 17.4. The highest BCUT2D eigenvalue weighted by Crippen LogP contribution is 2.34. The number of sulfonamides is 1. The van der Waals surface area contributed by atoms with Gasteiger partial charge in [-0.1, -0.05) is 46.9 Å². The summed E-state index contributed by atoms with van der Waals surface area (Å²) < 4.78 is 26.9. The zero-order chi connectivity index (χ0) is 16.5. The molecule has 0 bridgehead atoms. The summed E-state index contributed by atoms with van der Waals surface area (Å²) in [5.74, 6) is -0.541. The molecular weight excluding hydrogens is 369 g/mol. The van der Waals surface area contributed by atoms with Gasteiger partial charge in [0.1, 0.15) is 4.90 Å². The summed E-state index contributed by atoms with van der Waals surface area (Å²) in [7, 11) is -3.97. The molecule has 0 heterocycles. The largest absolute Gasteiger partial charge is 0.505 e. The average molecular weight is 381 g/mol. The van der Waals surface area contributed by atoms with E-state index >= 15 is 0 Å². The molecule has 0 amide bonds. The van der Waals surface area contributed by atoms with Crippen molar-refractivity contribution in [3.8, 4) is 5.75 Å². The highest BCUT2D eigenvalue weighted by Gasteiger charge is 2.21. The summed E-state index contributed by atoms with van der Waals surface area (Å²) in [6, 6.07) is 7.61. The highest BCUT2D eigenvalue weighted by atomic mass is 35.5. The summed E-state index contributed by atoms with van der Waals surface area (Å²) in [5, 5.41) is 10.3. The smallest absolute Gasteiger partial charge is 0.244 e. The lowest BCUT2D eigenvalue weighted by atomic mass is 10.1. The quantitative estimate of drug-likeness (QED) is 0.837. The SMILES string of the molecule is Cc1ccc(CNS(=O)(=O)c2cc(Cl)cc(Cl)c2O)cc1Cl. The number of rotatable bonds is 4. The minimum absolute atomic E-state index is 0.0197. The molecule has 0 aromatic heterocycles. The Morgan fingerprint density at radius 1 is 1.09 bits per heavy atom. The summed E-state index contributed by atoms with van der Waals surface area (Å²) in [4.78, 5) is -0.372. The van der Waals surface area contributed by atoms with Crippen molar-refractivity contribution in [3.63, 3.8) is 0 Å². The summed E-state index contributed by atoms with van der Waals surface area (Å²) in [6.07, 6.45) is 0. The number of hydrogen-bond acceptors (Lipinski definition) is 3. The Kier molecular flexibility index (Phi) is 5.25. The third-order valence-corrected chi connectivity index (χ3v) is 5.31. The maximum atomic E-state index is 12.3. The standard InChI is InChI=1S/C14H12Cl3NO3S/c1-8-2-3-9(4-11(8)16)7-18-22(20,21)13-6-10(15)5-12(17)14(13)19/h2-6,18-19H,7H2,1H3. The second-order valence-electron chi connectivity index (χ2n) is 4.64. The Bertz CT molecular complexity index is 822. The molecular formula is C14H12Cl3NO3S. The van der Waals surface area contributed by atoms with Crippen LogP contribution in [-0.4, -0.2) is 13.5 Å². The second kappa shape index (κ2) is 6.64. The summed E-state index contributed by atoms with van der Waals surface area (Å²) in [6.45, 7) is 1.87. The van der Waals surface area contributed by atoms with Crippen LogP contribution in [0.3, 0.4) is 0 Å². The number of aryl methyl sites for hydroxylation is 1. The Hall–Kier alpha value is -0.980. The first-order valence-electron chi connectivity index (χ1n) is 6.13. The van der Waals surface area contributed by atoms with Gasteiger partial charge in [0.2, 0.25) is 10.0 Å². The van der Waals surface area contributed by atoms with Crippen LogP contribution in [0.25, 0.3) is 0 Å². The molecule has 0 saturated heterocycles. The van der Waals surface area contributed by atoms with Crippen molar-refractivity contribution < 1.29 is 13.5 Å². The predicted molar refractivity (Wildman–Crippen MR) is 88.3 cm³/mol. The van der Waals surface area contributed by atoms with Crippen molar-refractivity contribution in [1.82, 2.24) is 4.72 Å². The van der Waals surface area contributed by atoms with Gasteiger partial charge in [-0.25, -0.2) is 13.1 Å². The zero-order valence-corrected chi connectivity index (χ0v) is 14.5. The van der Waals surface area contributed by atoms with Crippen LogP contribution in [0.2, 0.25) is 15.1 Å².